The van der Waals surface area contributed by atoms with E-state index in [1.54, 1.807) is 0 Å². The molecule has 2 aromatic heterocycles. The van der Waals surface area contributed by atoms with Gasteiger partial charge in [0.25, 0.3) is 6.47 Å². The van der Waals surface area contributed by atoms with E-state index in [9.17, 15) is 62.7 Å². The first-order valence-electron chi connectivity index (χ1n) is 22.8. The highest BCUT2D eigenvalue weighted by molar-refractivity contribution is 7.61. The Kier molecular flexibility index (Phi) is 19.8. The number of carbonyl (C=O) groups excluding carboxylic acids is 4. The van der Waals surface area contributed by atoms with Crippen molar-refractivity contribution in [2.75, 3.05) is 32.0 Å². The first kappa shape index (κ1) is 57.8. The number of nitrogen functional groups attached to an aromatic ring is 1. The van der Waals surface area contributed by atoms with Gasteiger partial charge < -0.3 is 55.6 Å². The lowest BCUT2D eigenvalue weighted by Gasteiger charge is -2.30. The molecule has 71 heavy (non-hydrogen) atoms. The maximum absolute atomic E-state index is 13.1. The van der Waals surface area contributed by atoms with Crippen LogP contribution in [0.25, 0.3) is 11.2 Å². The summed E-state index contributed by atoms with van der Waals surface area (Å²) >= 11 is 0. The summed E-state index contributed by atoms with van der Waals surface area (Å²) in [7, 11) is -16.5. The third kappa shape index (κ3) is 17.2. The van der Waals surface area contributed by atoms with Crippen molar-refractivity contribution in [2.24, 2.45) is 10.8 Å². The zero-order valence-corrected chi connectivity index (χ0v) is 42.4. The number of Topliss-reactive ketones (excluding diaryl/α,β-unsaturated/α-hetero) is 1. The molecule has 2 aliphatic rings. The number of amides is 2. The van der Waals surface area contributed by atoms with Crippen molar-refractivity contribution >= 4 is 64.5 Å². The molecule has 396 valence electrons. The molecule has 1 aromatic carbocycles. The lowest BCUT2D eigenvalue weighted by atomic mass is 9.87. The minimum absolute atomic E-state index is 0.0268. The summed E-state index contributed by atoms with van der Waals surface area (Å²) in [5.41, 5.74) is 5.85. The van der Waals surface area contributed by atoms with Gasteiger partial charge in [0, 0.05) is 36.8 Å². The number of ketones is 1. The molecule has 7 atom stereocenters. The Bertz CT molecular complexity index is 2480. The molecule has 1 aliphatic carbocycles. The molecular weight excluding hydrogens is 999 g/mol. The molecule has 5 rings (SSSR count). The van der Waals surface area contributed by atoms with E-state index in [1.165, 1.54) is 25.0 Å². The number of aryl methyl sites for hydroxylation is 2. The zero-order valence-electron chi connectivity index (χ0n) is 39.7. The lowest BCUT2D eigenvalue weighted by molar-refractivity contribution is -0.141. The first-order valence-corrected chi connectivity index (χ1v) is 27.3. The Morgan fingerprint density at radius 2 is 1.62 bits per heavy atom. The largest absolute Gasteiger partial charge is 0.481 e. The minimum Gasteiger partial charge on any atom is -0.462 e. The number of nitrogens with two attached hydrogens (primary N) is 1. The summed E-state index contributed by atoms with van der Waals surface area (Å²) in [6.45, 7) is 4.63. The molecule has 0 radical (unpaired) electrons. The molecule has 10 N–H and O–H groups in total. The second-order valence-corrected chi connectivity index (χ2v) is 23.1. The van der Waals surface area contributed by atoms with Gasteiger partial charge in [-0.3, -0.25) is 37.3 Å². The average molecular weight is 1060 g/mol. The molecular formula is C42H64N7O19P3. The third-order valence-electron chi connectivity index (χ3n) is 12.2. The number of nitrogens with zero attached hydrogens (tertiary/aromatic N) is 4. The predicted molar refractivity (Wildman–Crippen MR) is 249 cm³/mol. The fraction of sp³-hybridized carbons (Fsp3) is 0.643. The van der Waals surface area contributed by atoms with Crippen molar-refractivity contribution in [3.05, 3.63) is 48.0 Å². The molecule has 29 heteroatoms. The Hall–Kier alpha value is -4.10. The number of phosphoric acid groups is 3. The van der Waals surface area contributed by atoms with Crippen molar-refractivity contribution < 1.29 is 90.0 Å². The molecule has 3 heterocycles. The number of fused-ring (bicyclic) bond motifs is 1. The Morgan fingerprint density at radius 3 is 2.28 bits per heavy atom. The summed E-state index contributed by atoms with van der Waals surface area (Å²) < 4.78 is 67.7. The van der Waals surface area contributed by atoms with E-state index in [0.717, 1.165) is 75.0 Å². The molecule has 0 spiro atoms. The molecule has 3 aromatic rings. The van der Waals surface area contributed by atoms with Gasteiger partial charge in [-0.2, -0.15) is 4.31 Å². The molecule has 2 fully saturated rings. The summed E-state index contributed by atoms with van der Waals surface area (Å²) in [5, 5.41) is 26.7. The highest BCUT2D eigenvalue weighted by Gasteiger charge is 2.51. The Balaban J connectivity index is 0.980. The maximum atomic E-state index is 13.1. The monoisotopic (exact) mass is 1060 g/mol. The number of aliphatic hydroxyl groups excluding tert-OH is 2. The number of carbonyl (C=O) groups is 4. The molecule has 26 nitrogen and oxygen atoms in total. The van der Waals surface area contributed by atoms with Gasteiger partial charge in [-0.15, -0.1) is 0 Å². The van der Waals surface area contributed by atoms with Gasteiger partial charge in [0.2, 0.25) is 11.8 Å². The fourth-order valence-corrected chi connectivity index (χ4v) is 10.8. The van der Waals surface area contributed by atoms with Gasteiger partial charge in [-0.25, -0.2) is 28.6 Å². The van der Waals surface area contributed by atoms with E-state index in [4.69, 9.17) is 24.3 Å². The standard InChI is InChI=1S/C42H64N7O19P3/c1-40(2,23-65-71(61,62)68-70(59,60)64-22-29-34(67-69(56,57)58)33(53)39(66-29)49-25-48-32-36(43)46-24-47-37(32)49)35(54)38(55)45-20-14-31(52)44-19-13-30(51)42(17-18-42)16-6-5-9-27-10-7-11-28(21-27)12-8-15-41(3,4)63-26-50/h7,10-11,21,24-26,29,33-35,39,53-54H,5-6,8-9,12-20,22-23H2,1-4H3,(H,44,52)(H,45,55)(H,59,60)(H,61,62)(H2,43,46,47)(H2,56,57,58). The second-order valence-electron chi connectivity index (χ2n) is 18.9. The van der Waals surface area contributed by atoms with Crippen LogP contribution in [-0.2, 0) is 73.1 Å². The van der Waals surface area contributed by atoms with Crippen molar-refractivity contribution in [3.63, 3.8) is 0 Å². The number of rotatable bonds is 31. The van der Waals surface area contributed by atoms with Crippen LogP contribution >= 0.6 is 23.5 Å². The number of ether oxygens (including phenoxy) is 2. The molecule has 1 aliphatic heterocycles. The van der Waals surface area contributed by atoms with E-state index < -0.39 is 90.2 Å². The number of hydrogen-bond donors (Lipinski definition) is 9. The van der Waals surface area contributed by atoms with Crippen molar-refractivity contribution in [2.45, 2.75) is 135 Å². The zero-order chi connectivity index (χ0) is 52.4. The van der Waals surface area contributed by atoms with Crippen LogP contribution in [0.15, 0.2) is 36.9 Å². The van der Waals surface area contributed by atoms with E-state index >= 15 is 0 Å². The summed E-state index contributed by atoms with van der Waals surface area (Å²) in [4.78, 5) is 100. The fourth-order valence-electron chi connectivity index (χ4n) is 7.98. The number of nitrogens with one attached hydrogen (secondary N) is 2. The molecule has 0 bridgehead atoms. The SMILES string of the molecule is CC(C)(CCCc1cccc(CCCCC2(C(=O)CCNC(=O)CCNC(=O)C(O)C(C)(C)COP(=O)(O)OP(=O)(O)OCC3OC(n4cnc5c(N)ncnc54)C(O)C3OP(=O)(O)O)CC2)c1)OC=O. The highest BCUT2D eigenvalue weighted by atomic mass is 31.3. The lowest BCUT2D eigenvalue weighted by Crippen LogP contribution is -2.46. The van der Waals surface area contributed by atoms with E-state index in [-0.39, 0.29) is 54.1 Å². The van der Waals surface area contributed by atoms with E-state index in [2.05, 4.69) is 52.6 Å². The van der Waals surface area contributed by atoms with Crippen LogP contribution in [0.4, 0.5) is 5.82 Å². The normalized spacial score (nSPS) is 21.2. The Labute approximate surface area is 409 Å². The smallest absolute Gasteiger partial charge is 0.462 e. The highest BCUT2D eigenvalue weighted by Crippen LogP contribution is 2.61. The van der Waals surface area contributed by atoms with Gasteiger partial charge in [0.1, 0.15) is 47.6 Å². The van der Waals surface area contributed by atoms with Gasteiger partial charge in [-0.1, -0.05) is 44.5 Å². The van der Waals surface area contributed by atoms with Gasteiger partial charge in [-0.05, 0) is 76.3 Å². The van der Waals surface area contributed by atoms with Gasteiger partial charge in [0.05, 0.1) is 19.5 Å². The van der Waals surface area contributed by atoms with E-state index in [0.29, 0.717) is 6.47 Å². The number of unbranched alkanes of at least 4 members (excludes halogenated alkanes) is 1. The number of imidazole rings is 1. The molecule has 2 amide bonds. The predicted octanol–water partition coefficient (Wildman–Crippen LogP) is 2.83. The van der Waals surface area contributed by atoms with Crippen molar-refractivity contribution in [1.82, 2.24) is 30.2 Å². The first-order chi connectivity index (χ1) is 33.2. The van der Waals surface area contributed by atoms with Crippen LogP contribution in [0, 0.1) is 10.8 Å². The van der Waals surface area contributed by atoms with Crippen LogP contribution in [-0.4, -0.2) is 130 Å². The van der Waals surface area contributed by atoms with Gasteiger partial charge in [0.15, 0.2) is 17.7 Å². The van der Waals surface area contributed by atoms with Crippen LogP contribution in [0.2, 0.25) is 0 Å². The molecule has 7 unspecified atom stereocenters. The molecule has 1 saturated carbocycles. The van der Waals surface area contributed by atoms with Crippen molar-refractivity contribution in [3.8, 4) is 0 Å². The molecule has 1 saturated heterocycles. The van der Waals surface area contributed by atoms with Crippen molar-refractivity contribution in [1.29, 1.82) is 0 Å². The summed E-state index contributed by atoms with van der Waals surface area (Å²) in [6, 6.07) is 8.43. The number of aromatic nitrogens is 4. The topological polar surface area (TPSA) is 390 Å². The number of anilines is 1. The van der Waals surface area contributed by atoms with Crippen LogP contribution in [0.3, 0.4) is 0 Å². The number of phosphoric ester groups is 3. The van der Waals surface area contributed by atoms with Crippen LogP contribution in [0.1, 0.15) is 103 Å². The second kappa shape index (κ2) is 24.3. The number of hydrogen-bond acceptors (Lipinski definition) is 19. The van der Waals surface area contributed by atoms with Gasteiger partial charge >= 0.3 is 23.5 Å². The minimum atomic E-state index is -5.59. The summed E-state index contributed by atoms with van der Waals surface area (Å²) in [6.07, 6.45) is 0.767. The van der Waals surface area contributed by atoms with Crippen LogP contribution in [0.5, 0.6) is 0 Å². The van der Waals surface area contributed by atoms with Crippen LogP contribution < -0.4 is 16.4 Å². The number of aliphatic hydroxyl groups is 2. The summed E-state index contributed by atoms with van der Waals surface area (Å²) in [5.74, 6) is -1.39. The Morgan fingerprint density at radius 1 is 0.958 bits per heavy atom. The van der Waals surface area contributed by atoms with E-state index in [1.807, 2.05) is 19.9 Å². The number of benzene rings is 1. The third-order valence-corrected chi connectivity index (χ3v) is 15.3. The average Bonchev–Trinajstić information content (AvgIpc) is 3.86. The maximum Gasteiger partial charge on any atom is 0.481 e. The quantitative estimate of drug-likeness (QED) is 0.0254.